The zero-order valence-corrected chi connectivity index (χ0v) is 13.8. The second kappa shape index (κ2) is 7.18. The molecule has 2 atom stereocenters. The van der Waals surface area contributed by atoms with Gasteiger partial charge in [0.25, 0.3) is 0 Å². The van der Waals surface area contributed by atoms with E-state index < -0.39 is 12.0 Å². The van der Waals surface area contributed by atoms with Crippen LogP contribution in [0.4, 0.5) is 0 Å². The number of nitrogens with one attached hydrogen (secondary N) is 2. The molecule has 4 nitrogen and oxygen atoms in total. The highest BCUT2D eigenvalue weighted by Gasteiger charge is 2.32. The van der Waals surface area contributed by atoms with Gasteiger partial charge < -0.3 is 10.1 Å². The van der Waals surface area contributed by atoms with Gasteiger partial charge in [-0.15, -0.1) is 0 Å². The minimum absolute atomic E-state index is 0.119. The van der Waals surface area contributed by atoms with Crippen LogP contribution in [0.1, 0.15) is 62.7 Å². The third-order valence-electron chi connectivity index (χ3n) is 4.90. The van der Waals surface area contributed by atoms with Crippen LogP contribution in [0.5, 0.6) is 0 Å². The lowest BCUT2D eigenvalue weighted by Crippen LogP contribution is -2.44. The Morgan fingerprint density at radius 2 is 2.00 bits per heavy atom. The number of aromatic amines is 1. The summed E-state index contributed by atoms with van der Waals surface area (Å²) in [7, 11) is 0. The van der Waals surface area contributed by atoms with Crippen molar-refractivity contribution in [2.75, 3.05) is 0 Å². The summed E-state index contributed by atoms with van der Waals surface area (Å²) in [5.41, 5.74) is 3.49. The van der Waals surface area contributed by atoms with Gasteiger partial charge in [-0.1, -0.05) is 57.2 Å². The van der Waals surface area contributed by atoms with E-state index in [1.807, 2.05) is 12.1 Å². The first-order chi connectivity index (χ1) is 11.2. The van der Waals surface area contributed by atoms with Crippen molar-refractivity contribution in [3.8, 4) is 0 Å². The molecule has 0 saturated heterocycles. The third kappa shape index (κ3) is 3.42. The van der Waals surface area contributed by atoms with E-state index in [0.717, 1.165) is 18.4 Å². The number of fused-ring (bicyclic) bond motifs is 3. The van der Waals surface area contributed by atoms with Crippen molar-refractivity contribution in [3.63, 3.8) is 0 Å². The molecule has 3 N–H and O–H groups in total. The van der Waals surface area contributed by atoms with E-state index in [1.165, 1.54) is 42.3 Å². The van der Waals surface area contributed by atoms with Crippen LogP contribution in [-0.2, 0) is 11.2 Å². The second-order valence-corrected chi connectivity index (χ2v) is 6.58. The summed E-state index contributed by atoms with van der Waals surface area (Å²) < 4.78 is 0. The SMILES string of the molecule is CCCCCCCC1N[C@@H](C(=O)O)Cc2c1[nH]c1ccccc21. The summed E-state index contributed by atoms with van der Waals surface area (Å²) in [6.45, 7) is 2.22. The molecule has 1 aliphatic rings. The van der Waals surface area contributed by atoms with Crippen LogP contribution in [-0.4, -0.2) is 22.1 Å². The van der Waals surface area contributed by atoms with Gasteiger partial charge in [0.2, 0.25) is 0 Å². The smallest absolute Gasteiger partial charge is 0.321 e. The van der Waals surface area contributed by atoms with Gasteiger partial charge in [0.1, 0.15) is 6.04 Å². The van der Waals surface area contributed by atoms with E-state index in [0.29, 0.717) is 6.42 Å². The van der Waals surface area contributed by atoms with Crippen LogP contribution < -0.4 is 5.32 Å². The molecule has 2 aromatic rings. The molecular weight excluding hydrogens is 288 g/mol. The summed E-state index contributed by atoms with van der Waals surface area (Å²) in [5, 5.41) is 14.0. The number of rotatable bonds is 7. The minimum atomic E-state index is -0.753. The van der Waals surface area contributed by atoms with Gasteiger partial charge in [-0.3, -0.25) is 10.1 Å². The number of unbranched alkanes of at least 4 members (excludes halogenated alkanes) is 4. The highest BCUT2D eigenvalue weighted by atomic mass is 16.4. The first-order valence-electron chi connectivity index (χ1n) is 8.79. The van der Waals surface area contributed by atoms with Gasteiger partial charge in [-0.2, -0.15) is 0 Å². The maximum Gasteiger partial charge on any atom is 0.321 e. The van der Waals surface area contributed by atoms with E-state index in [4.69, 9.17) is 0 Å². The Labute approximate surface area is 137 Å². The quantitative estimate of drug-likeness (QED) is 0.672. The van der Waals surface area contributed by atoms with Crippen molar-refractivity contribution >= 4 is 16.9 Å². The predicted octanol–water partition coefficient (Wildman–Crippen LogP) is 4.17. The zero-order chi connectivity index (χ0) is 16.2. The Balaban J connectivity index is 1.80. The van der Waals surface area contributed by atoms with Gasteiger partial charge in [0, 0.05) is 29.1 Å². The maximum atomic E-state index is 11.5. The molecule has 0 spiro atoms. The Morgan fingerprint density at radius 1 is 1.22 bits per heavy atom. The van der Waals surface area contributed by atoms with Crippen molar-refractivity contribution in [2.24, 2.45) is 0 Å². The van der Waals surface area contributed by atoms with E-state index in [1.54, 1.807) is 0 Å². The first kappa shape index (κ1) is 16.1. The number of carboxylic acid groups (broad SMARTS) is 1. The number of carbonyl (C=O) groups is 1. The molecule has 3 rings (SSSR count). The van der Waals surface area contributed by atoms with Gasteiger partial charge in [0.15, 0.2) is 0 Å². The average Bonchev–Trinajstić information content (AvgIpc) is 2.93. The molecule has 1 unspecified atom stereocenters. The molecule has 1 aliphatic heterocycles. The van der Waals surface area contributed by atoms with Crippen molar-refractivity contribution in [2.45, 2.75) is 64.0 Å². The minimum Gasteiger partial charge on any atom is -0.480 e. The molecule has 0 aliphatic carbocycles. The number of para-hydroxylation sites is 1. The van der Waals surface area contributed by atoms with Gasteiger partial charge in [0.05, 0.1) is 0 Å². The largest absolute Gasteiger partial charge is 0.480 e. The standard InChI is InChI=1S/C19H26N2O2/c1-2-3-4-5-6-11-16-18-14(12-17(20-16)19(22)23)13-9-7-8-10-15(13)21-18/h7-10,16-17,20-21H,2-6,11-12H2,1H3,(H,22,23)/t16?,17-/m1/s1. The Morgan fingerprint density at radius 3 is 2.78 bits per heavy atom. The molecule has 124 valence electrons. The van der Waals surface area contributed by atoms with Crippen LogP contribution in [0.3, 0.4) is 0 Å². The van der Waals surface area contributed by atoms with Crippen LogP contribution in [0, 0.1) is 0 Å². The zero-order valence-electron chi connectivity index (χ0n) is 13.8. The lowest BCUT2D eigenvalue weighted by molar-refractivity contribution is -0.139. The van der Waals surface area contributed by atoms with Crippen LogP contribution >= 0.6 is 0 Å². The van der Waals surface area contributed by atoms with Crippen molar-refractivity contribution < 1.29 is 9.90 Å². The van der Waals surface area contributed by atoms with Gasteiger partial charge in [-0.25, -0.2) is 0 Å². The summed E-state index contributed by atoms with van der Waals surface area (Å²) in [4.78, 5) is 15.0. The number of H-pyrrole nitrogens is 1. The van der Waals surface area contributed by atoms with Crippen LogP contribution in [0.15, 0.2) is 24.3 Å². The fraction of sp³-hybridized carbons (Fsp3) is 0.526. The Kier molecular flexibility index (Phi) is 5.01. The summed E-state index contributed by atoms with van der Waals surface area (Å²) >= 11 is 0. The molecule has 2 heterocycles. The van der Waals surface area contributed by atoms with Crippen molar-refractivity contribution in [1.29, 1.82) is 0 Å². The summed E-state index contributed by atoms with van der Waals surface area (Å²) in [6.07, 6.45) is 7.71. The molecular formula is C19H26N2O2. The molecule has 23 heavy (non-hydrogen) atoms. The summed E-state index contributed by atoms with van der Waals surface area (Å²) in [5.74, 6) is -0.753. The fourth-order valence-corrected chi connectivity index (χ4v) is 3.67. The topological polar surface area (TPSA) is 65.1 Å². The van der Waals surface area contributed by atoms with E-state index >= 15 is 0 Å². The number of aliphatic carboxylic acids is 1. The molecule has 0 amide bonds. The van der Waals surface area contributed by atoms with E-state index in [-0.39, 0.29) is 6.04 Å². The first-order valence-corrected chi connectivity index (χ1v) is 8.79. The maximum absolute atomic E-state index is 11.5. The lowest BCUT2D eigenvalue weighted by Gasteiger charge is -2.29. The predicted molar refractivity (Wildman–Crippen MR) is 92.7 cm³/mol. The summed E-state index contributed by atoms with van der Waals surface area (Å²) in [6, 6.07) is 7.84. The van der Waals surface area contributed by atoms with Crippen molar-refractivity contribution in [3.05, 3.63) is 35.5 Å². The molecule has 0 bridgehead atoms. The number of benzene rings is 1. The van der Waals surface area contributed by atoms with Gasteiger partial charge in [-0.05, 0) is 18.1 Å². The van der Waals surface area contributed by atoms with Crippen LogP contribution in [0.2, 0.25) is 0 Å². The number of aromatic nitrogens is 1. The Hall–Kier alpha value is -1.81. The van der Waals surface area contributed by atoms with Crippen LogP contribution in [0.25, 0.3) is 10.9 Å². The van der Waals surface area contributed by atoms with Gasteiger partial charge >= 0.3 is 5.97 Å². The monoisotopic (exact) mass is 314 g/mol. The highest BCUT2D eigenvalue weighted by molar-refractivity contribution is 5.86. The highest BCUT2D eigenvalue weighted by Crippen LogP contribution is 2.34. The molecule has 4 heteroatoms. The normalized spacial score (nSPS) is 20.6. The fourth-order valence-electron chi connectivity index (χ4n) is 3.67. The third-order valence-corrected chi connectivity index (χ3v) is 4.90. The Bertz CT molecular complexity index is 677. The lowest BCUT2D eigenvalue weighted by atomic mass is 9.91. The molecule has 0 fully saturated rings. The second-order valence-electron chi connectivity index (χ2n) is 6.58. The van der Waals surface area contributed by atoms with E-state index in [9.17, 15) is 9.90 Å². The molecule has 1 aromatic carbocycles. The molecule has 0 saturated carbocycles. The number of hydrogen-bond donors (Lipinski definition) is 3. The number of carboxylic acids is 1. The molecule has 0 radical (unpaired) electrons. The van der Waals surface area contributed by atoms with E-state index in [2.05, 4.69) is 29.4 Å². The number of hydrogen-bond acceptors (Lipinski definition) is 2. The molecule has 1 aromatic heterocycles. The van der Waals surface area contributed by atoms with Crippen molar-refractivity contribution in [1.82, 2.24) is 10.3 Å². The average molecular weight is 314 g/mol.